The van der Waals surface area contributed by atoms with E-state index in [-0.39, 0.29) is 0 Å². The zero-order chi connectivity index (χ0) is 13.7. The molecule has 0 saturated carbocycles. The molecule has 0 aliphatic heterocycles. The maximum Gasteiger partial charge on any atom is 0.123 e. The summed E-state index contributed by atoms with van der Waals surface area (Å²) < 4.78 is 7.46. The molecule has 0 bridgehead atoms. The Morgan fingerprint density at radius 3 is 3.00 bits per heavy atom. The SMILES string of the molecule is CCCC(COC)n1cncc1-c1ccnc(N)c1. The Hall–Kier alpha value is -1.88. The lowest BCUT2D eigenvalue weighted by Crippen LogP contribution is -2.14. The van der Waals surface area contributed by atoms with E-state index in [9.17, 15) is 0 Å². The molecule has 1 unspecified atom stereocenters. The molecule has 0 amide bonds. The Morgan fingerprint density at radius 2 is 2.32 bits per heavy atom. The van der Waals surface area contributed by atoms with Gasteiger partial charge in [-0.25, -0.2) is 9.97 Å². The summed E-state index contributed by atoms with van der Waals surface area (Å²) in [6, 6.07) is 4.10. The van der Waals surface area contributed by atoms with Crippen LogP contribution in [-0.2, 0) is 4.74 Å². The van der Waals surface area contributed by atoms with Crippen LogP contribution in [0.5, 0.6) is 0 Å². The van der Waals surface area contributed by atoms with E-state index in [2.05, 4.69) is 21.5 Å². The van der Waals surface area contributed by atoms with Gasteiger partial charge in [0.25, 0.3) is 0 Å². The molecule has 2 N–H and O–H groups in total. The summed E-state index contributed by atoms with van der Waals surface area (Å²) in [6.45, 7) is 2.85. The Labute approximate surface area is 113 Å². The van der Waals surface area contributed by atoms with Gasteiger partial charge in [-0.05, 0) is 18.6 Å². The van der Waals surface area contributed by atoms with Gasteiger partial charge >= 0.3 is 0 Å². The van der Waals surface area contributed by atoms with E-state index in [4.69, 9.17) is 10.5 Å². The summed E-state index contributed by atoms with van der Waals surface area (Å²) in [5.74, 6) is 0.518. The molecule has 0 aromatic carbocycles. The normalized spacial score (nSPS) is 12.5. The number of nitrogens with two attached hydrogens (primary N) is 1. The number of rotatable bonds is 6. The molecule has 0 aliphatic carbocycles. The van der Waals surface area contributed by atoms with Crippen LogP contribution in [0, 0.1) is 0 Å². The summed E-state index contributed by atoms with van der Waals surface area (Å²) in [4.78, 5) is 8.28. The van der Waals surface area contributed by atoms with Crippen LogP contribution < -0.4 is 5.73 Å². The van der Waals surface area contributed by atoms with Gasteiger partial charge in [-0.15, -0.1) is 0 Å². The largest absolute Gasteiger partial charge is 0.384 e. The van der Waals surface area contributed by atoms with E-state index in [1.807, 2.05) is 24.7 Å². The van der Waals surface area contributed by atoms with Crippen LogP contribution in [0.1, 0.15) is 25.8 Å². The number of nitrogens with zero attached hydrogens (tertiary/aromatic N) is 3. The molecule has 1 atom stereocenters. The molecule has 19 heavy (non-hydrogen) atoms. The fourth-order valence-electron chi connectivity index (χ4n) is 2.26. The number of anilines is 1. The molecule has 0 spiro atoms. The van der Waals surface area contributed by atoms with Crippen LogP contribution >= 0.6 is 0 Å². The molecule has 2 aromatic rings. The monoisotopic (exact) mass is 260 g/mol. The lowest BCUT2D eigenvalue weighted by Gasteiger charge is -2.19. The molecular weight excluding hydrogens is 240 g/mol. The Morgan fingerprint density at radius 1 is 1.47 bits per heavy atom. The number of ether oxygens (including phenoxy) is 1. The van der Waals surface area contributed by atoms with E-state index in [1.54, 1.807) is 13.3 Å². The van der Waals surface area contributed by atoms with Crippen molar-refractivity contribution in [3.63, 3.8) is 0 Å². The Balaban J connectivity index is 2.35. The highest BCUT2D eigenvalue weighted by Gasteiger charge is 2.14. The zero-order valence-electron chi connectivity index (χ0n) is 11.4. The van der Waals surface area contributed by atoms with Crippen LogP contribution in [0.25, 0.3) is 11.3 Å². The van der Waals surface area contributed by atoms with Crippen LogP contribution in [-0.4, -0.2) is 28.3 Å². The molecule has 102 valence electrons. The third-order valence-corrected chi connectivity index (χ3v) is 3.12. The van der Waals surface area contributed by atoms with Crippen molar-refractivity contribution in [3.8, 4) is 11.3 Å². The standard InChI is InChI=1S/C14H20N4O/c1-3-4-12(9-19-2)18-10-16-8-13(18)11-5-6-17-14(15)7-11/h5-8,10,12H,3-4,9H2,1-2H3,(H2,15,17). The number of methoxy groups -OCH3 is 1. The van der Waals surface area contributed by atoms with E-state index in [0.29, 0.717) is 18.5 Å². The number of hydrogen-bond donors (Lipinski definition) is 1. The second-order valence-electron chi connectivity index (χ2n) is 4.55. The molecule has 5 heteroatoms. The van der Waals surface area contributed by atoms with Gasteiger partial charge in [0.15, 0.2) is 0 Å². The molecule has 2 heterocycles. The molecule has 0 fully saturated rings. The average molecular weight is 260 g/mol. The molecule has 0 aliphatic rings. The molecule has 5 nitrogen and oxygen atoms in total. The minimum absolute atomic E-state index is 0.293. The van der Waals surface area contributed by atoms with Gasteiger partial charge in [0, 0.05) is 18.9 Å². The van der Waals surface area contributed by atoms with E-state index in [0.717, 1.165) is 24.1 Å². The van der Waals surface area contributed by atoms with E-state index in [1.165, 1.54) is 0 Å². The first kappa shape index (κ1) is 13.5. The summed E-state index contributed by atoms with van der Waals surface area (Å²) in [5, 5.41) is 0. The van der Waals surface area contributed by atoms with Crippen LogP contribution in [0.15, 0.2) is 30.9 Å². The lowest BCUT2D eigenvalue weighted by molar-refractivity contribution is 0.151. The summed E-state index contributed by atoms with van der Waals surface area (Å²) >= 11 is 0. The smallest absolute Gasteiger partial charge is 0.123 e. The van der Waals surface area contributed by atoms with Crippen LogP contribution in [0.3, 0.4) is 0 Å². The van der Waals surface area contributed by atoms with Gasteiger partial charge in [0.2, 0.25) is 0 Å². The van der Waals surface area contributed by atoms with Crippen molar-refractivity contribution < 1.29 is 4.74 Å². The lowest BCUT2D eigenvalue weighted by atomic mass is 10.1. The molecular formula is C14H20N4O. The van der Waals surface area contributed by atoms with Crippen molar-refractivity contribution in [2.24, 2.45) is 0 Å². The fourth-order valence-corrected chi connectivity index (χ4v) is 2.26. The van der Waals surface area contributed by atoms with Crippen molar-refractivity contribution in [1.82, 2.24) is 14.5 Å². The molecule has 2 aromatic heterocycles. The molecule has 0 radical (unpaired) electrons. The highest BCUT2D eigenvalue weighted by molar-refractivity contribution is 5.61. The van der Waals surface area contributed by atoms with Crippen molar-refractivity contribution in [1.29, 1.82) is 0 Å². The topological polar surface area (TPSA) is 66.0 Å². The second kappa shape index (κ2) is 6.33. The average Bonchev–Trinajstić information content (AvgIpc) is 2.87. The highest BCUT2D eigenvalue weighted by atomic mass is 16.5. The quantitative estimate of drug-likeness (QED) is 0.866. The first-order chi connectivity index (χ1) is 9.26. The van der Waals surface area contributed by atoms with Crippen LogP contribution in [0.4, 0.5) is 5.82 Å². The fraction of sp³-hybridized carbons (Fsp3) is 0.429. The minimum atomic E-state index is 0.293. The van der Waals surface area contributed by atoms with E-state index < -0.39 is 0 Å². The van der Waals surface area contributed by atoms with Gasteiger partial charge in [0.05, 0.1) is 30.9 Å². The maximum atomic E-state index is 5.74. The Kier molecular flexibility index (Phi) is 4.52. The van der Waals surface area contributed by atoms with Gasteiger partial charge in [-0.1, -0.05) is 13.3 Å². The number of pyridine rings is 1. The number of hydrogen-bond acceptors (Lipinski definition) is 4. The predicted molar refractivity (Wildman–Crippen MR) is 75.7 cm³/mol. The van der Waals surface area contributed by atoms with E-state index >= 15 is 0 Å². The van der Waals surface area contributed by atoms with Crippen molar-refractivity contribution in [2.45, 2.75) is 25.8 Å². The maximum absolute atomic E-state index is 5.74. The molecule has 0 saturated heterocycles. The van der Waals surface area contributed by atoms with Gasteiger partial charge in [-0.3, -0.25) is 0 Å². The highest BCUT2D eigenvalue weighted by Crippen LogP contribution is 2.25. The summed E-state index contributed by atoms with van der Waals surface area (Å²) in [7, 11) is 1.73. The number of aromatic nitrogens is 3. The zero-order valence-corrected chi connectivity index (χ0v) is 11.4. The van der Waals surface area contributed by atoms with Crippen LogP contribution in [0.2, 0.25) is 0 Å². The van der Waals surface area contributed by atoms with Crippen molar-refractivity contribution in [2.75, 3.05) is 19.5 Å². The van der Waals surface area contributed by atoms with Crippen molar-refractivity contribution >= 4 is 5.82 Å². The number of nitrogen functional groups attached to an aromatic ring is 1. The van der Waals surface area contributed by atoms with Gasteiger partial charge < -0.3 is 15.0 Å². The Bertz CT molecular complexity index is 518. The van der Waals surface area contributed by atoms with Gasteiger partial charge in [-0.2, -0.15) is 0 Å². The third-order valence-electron chi connectivity index (χ3n) is 3.12. The summed E-state index contributed by atoms with van der Waals surface area (Å²) in [6.07, 6.45) is 7.58. The second-order valence-corrected chi connectivity index (χ2v) is 4.55. The predicted octanol–water partition coefficient (Wildman–Crippen LogP) is 2.51. The first-order valence-corrected chi connectivity index (χ1v) is 6.49. The first-order valence-electron chi connectivity index (χ1n) is 6.49. The van der Waals surface area contributed by atoms with Crippen molar-refractivity contribution in [3.05, 3.63) is 30.9 Å². The number of imidazole rings is 1. The summed E-state index contributed by atoms with van der Waals surface area (Å²) in [5.41, 5.74) is 7.82. The minimum Gasteiger partial charge on any atom is -0.384 e. The molecule has 2 rings (SSSR count). The third kappa shape index (κ3) is 3.12. The van der Waals surface area contributed by atoms with Gasteiger partial charge in [0.1, 0.15) is 5.82 Å².